The van der Waals surface area contributed by atoms with Gasteiger partial charge in [-0.05, 0) is 172 Å². The van der Waals surface area contributed by atoms with Crippen LogP contribution in [-0.4, -0.2) is 45.4 Å². The summed E-state index contributed by atoms with van der Waals surface area (Å²) in [4.78, 5) is 15.0. The summed E-state index contributed by atoms with van der Waals surface area (Å²) in [5.74, 6) is 3.42. The van der Waals surface area contributed by atoms with E-state index < -0.39 is 31.3 Å². The Kier molecular flexibility index (Phi) is 27.6. The number of alkyl halides is 12. The molecule has 0 aromatic carbocycles. The van der Waals surface area contributed by atoms with E-state index in [-0.39, 0.29) is 17.6 Å². The van der Waals surface area contributed by atoms with Crippen LogP contribution in [0.4, 0.5) is 52.7 Å². The third-order valence-corrected chi connectivity index (χ3v) is 16.6. The van der Waals surface area contributed by atoms with Crippen molar-refractivity contribution in [2.45, 2.75) is 244 Å². The van der Waals surface area contributed by atoms with Gasteiger partial charge in [0.25, 0.3) is 0 Å². The second-order valence-electron chi connectivity index (χ2n) is 22.6. The zero-order chi connectivity index (χ0) is 59.8. The van der Waals surface area contributed by atoms with Crippen LogP contribution < -0.4 is 18.9 Å². The van der Waals surface area contributed by atoms with Crippen molar-refractivity contribution in [2.75, 3.05) is 0 Å². The van der Waals surface area contributed by atoms with Gasteiger partial charge in [-0.25, -0.2) is 19.9 Å². The summed E-state index contributed by atoms with van der Waals surface area (Å²) in [5.41, 5.74) is 4.10. The van der Waals surface area contributed by atoms with Crippen molar-refractivity contribution in [2.24, 2.45) is 23.7 Å². The maximum atomic E-state index is 12.1. The topological polar surface area (TPSA) is 88.5 Å². The van der Waals surface area contributed by atoms with E-state index in [2.05, 4.69) is 66.6 Å². The van der Waals surface area contributed by atoms with Crippen molar-refractivity contribution in [1.29, 1.82) is 0 Å². The summed E-state index contributed by atoms with van der Waals surface area (Å²) in [6.45, 7) is 8.84. The summed E-state index contributed by atoms with van der Waals surface area (Å²) in [6.07, 6.45) is 18.6. The number of hydrogen-bond acceptors (Lipinski definition) is 8. The van der Waals surface area contributed by atoms with Crippen LogP contribution in [0.5, 0.6) is 23.5 Å². The van der Waals surface area contributed by atoms with Crippen LogP contribution in [0.3, 0.4) is 0 Å². The molecular weight excluding hydrogens is 1090 g/mol. The van der Waals surface area contributed by atoms with Gasteiger partial charge in [-0.15, -0.1) is 52.7 Å². The molecule has 8 rings (SSSR count). The van der Waals surface area contributed by atoms with Crippen LogP contribution in [0, 0.1) is 23.7 Å². The Morgan fingerprint density at radius 3 is 0.793 bits per heavy atom. The van der Waals surface area contributed by atoms with Gasteiger partial charge in [-0.3, -0.25) is 0 Å². The van der Waals surface area contributed by atoms with Crippen molar-refractivity contribution in [3.8, 4) is 23.5 Å². The van der Waals surface area contributed by atoms with E-state index in [1.807, 2.05) is 0 Å². The molecule has 8 nitrogen and oxygen atoms in total. The van der Waals surface area contributed by atoms with Crippen molar-refractivity contribution in [3.05, 3.63) is 95.6 Å². The van der Waals surface area contributed by atoms with E-state index in [9.17, 15) is 52.7 Å². The SMILES string of the molecule is CCCCC[C@H]1CC[C@H](c2ccc(OC(F)(F)F)nc2)CC1.CCCC[C@H]1CC[C@H](c2ccc(OC(F)(F)F)nc2)CC1.CCC[C@H]1CC[C@H](c2ccc(OC(F)(F)F)nc2)CC1.CC[C@H]1CC[C@H](c2ccc(OC(F)(F)F)nc2)CC1. The molecule has 0 atom stereocenters. The lowest BCUT2D eigenvalue weighted by atomic mass is 9.77. The Morgan fingerprint density at radius 1 is 0.317 bits per heavy atom. The van der Waals surface area contributed by atoms with Crippen molar-refractivity contribution in [3.63, 3.8) is 0 Å². The van der Waals surface area contributed by atoms with Crippen LogP contribution in [-0.2, 0) is 0 Å². The molecule has 0 spiro atoms. The molecule has 20 heteroatoms. The number of pyridine rings is 4. The highest BCUT2D eigenvalue weighted by atomic mass is 19.4. The minimum absolute atomic E-state index is 0.385. The van der Waals surface area contributed by atoms with Gasteiger partial charge in [0.05, 0.1) is 0 Å². The average Bonchev–Trinajstić information content (AvgIpc) is 3.45. The average molecular weight is 1180 g/mol. The molecule has 0 amide bonds. The fourth-order valence-electron chi connectivity index (χ4n) is 12.1. The highest BCUT2D eigenvalue weighted by Gasteiger charge is 2.35. The van der Waals surface area contributed by atoms with Crippen LogP contribution in [0.25, 0.3) is 0 Å². The minimum Gasteiger partial charge on any atom is -0.388 e. The number of nitrogens with zero attached hydrogens (tertiary/aromatic N) is 4. The van der Waals surface area contributed by atoms with Crippen LogP contribution in [0.15, 0.2) is 73.3 Å². The van der Waals surface area contributed by atoms with Gasteiger partial charge >= 0.3 is 25.4 Å². The van der Waals surface area contributed by atoms with E-state index in [4.69, 9.17) is 0 Å². The van der Waals surface area contributed by atoms with Gasteiger partial charge in [0.2, 0.25) is 23.5 Å². The monoisotopic (exact) mass is 1180 g/mol. The lowest BCUT2D eigenvalue weighted by Gasteiger charge is -2.28. The van der Waals surface area contributed by atoms with E-state index >= 15 is 0 Å². The molecule has 460 valence electrons. The first kappa shape index (κ1) is 67.7. The summed E-state index contributed by atoms with van der Waals surface area (Å²) >= 11 is 0. The molecule has 0 aliphatic heterocycles. The molecular formula is C62H84F12N4O4. The Morgan fingerprint density at radius 2 is 0.573 bits per heavy atom. The number of rotatable bonds is 18. The lowest BCUT2D eigenvalue weighted by Crippen LogP contribution is -2.18. The molecule has 4 aliphatic carbocycles. The quantitative estimate of drug-likeness (QED) is 0.0719. The molecule has 0 N–H and O–H groups in total. The van der Waals surface area contributed by atoms with E-state index in [1.165, 1.54) is 165 Å². The maximum Gasteiger partial charge on any atom is 0.574 e. The van der Waals surface area contributed by atoms with Crippen molar-refractivity contribution < 1.29 is 71.6 Å². The molecule has 4 aromatic rings. The zero-order valence-electron chi connectivity index (χ0n) is 47.9. The Labute approximate surface area is 476 Å². The second-order valence-corrected chi connectivity index (χ2v) is 22.6. The van der Waals surface area contributed by atoms with Crippen molar-refractivity contribution in [1.82, 2.24) is 19.9 Å². The van der Waals surface area contributed by atoms with Gasteiger partial charge in [0, 0.05) is 49.1 Å². The molecule has 0 unspecified atom stereocenters. The summed E-state index contributed by atoms with van der Waals surface area (Å²) in [7, 11) is 0. The molecule has 0 saturated heterocycles. The predicted molar refractivity (Wildman–Crippen MR) is 291 cm³/mol. The number of halogens is 12. The highest BCUT2D eigenvalue weighted by Crippen LogP contribution is 2.42. The zero-order valence-corrected chi connectivity index (χ0v) is 47.9. The standard InChI is InChI=1S/C17H24F3NO.C16H22F3NO.C15H20F3NO.C14H18F3NO/c1-2-3-4-5-13-6-8-14(9-7-13)15-10-11-16(21-12-15)22-17(18,19)20;1-2-3-4-12-5-7-13(8-6-12)14-9-10-15(20-11-14)21-16(17,18)19;1-2-3-11-4-6-12(7-5-11)13-8-9-14(19-10-13)20-15(16,17)18;1-2-10-3-5-11(6-4-10)12-7-8-13(18-9-12)19-14(15,16)17/h10-14H,2-9H2,1H3;9-13H,2-8H2,1H3;8-12H,2-7H2,1H3;7-11H,2-6H2,1H3/t13-,14-;12-,13-;11-,12-;10-,11-. The molecule has 0 radical (unpaired) electrons. The van der Waals surface area contributed by atoms with E-state index in [0.29, 0.717) is 23.7 Å². The number of hydrogen-bond donors (Lipinski definition) is 0. The van der Waals surface area contributed by atoms with E-state index in [1.54, 1.807) is 24.3 Å². The summed E-state index contributed by atoms with van der Waals surface area (Å²) in [6, 6.07) is 12.1. The first-order valence-corrected chi connectivity index (χ1v) is 29.8. The van der Waals surface area contributed by atoms with Gasteiger partial charge in [0.15, 0.2) is 0 Å². The Balaban J connectivity index is 0.000000201. The Hall–Kier alpha value is -5.04. The van der Waals surface area contributed by atoms with Gasteiger partial charge in [0.1, 0.15) is 0 Å². The summed E-state index contributed by atoms with van der Waals surface area (Å²) in [5, 5.41) is 0. The third kappa shape index (κ3) is 26.3. The van der Waals surface area contributed by atoms with Gasteiger partial charge < -0.3 is 18.9 Å². The minimum atomic E-state index is -4.68. The molecule has 4 saturated carbocycles. The highest BCUT2D eigenvalue weighted by molar-refractivity contribution is 5.25. The molecule has 4 aliphatic rings. The first-order chi connectivity index (χ1) is 38.9. The van der Waals surface area contributed by atoms with Crippen LogP contribution in [0.2, 0.25) is 0 Å². The third-order valence-electron chi connectivity index (χ3n) is 16.6. The molecule has 82 heavy (non-hydrogen) atoms. The van der Waals surface area contributed by atoms with Gasteiger partial charge in [-0.2, -0.15) is 0 Å². The van der Waals surface area contributed by atoms with E-state index in [0.717, 1.165) is 97.3 Å². The van der Waals surface area contributed by atoms with Crippen LogP contribution in [0.1, 0.15) is 241 Å². The fraction of sp³-hybridized carbons (Fsp3) is 0.677. The smallest absolute Gasteiger partial charge is 0.388 e. The second kappa shape index (κ2) is 33.4. The summed E-state index contributed by atoms with van der Waals surface area (Å²) < 4.78 is 160. The lowest BCUT2D eigenvalue weighted by molar-refractivity contribution is -0.277. The van der Waals surface area contributed by atoms with Gasteiger partial charge in [-0.1, -0.05) is 116 Å². The number of aromatic nitrogens is 4. The predicted octanol–water partition coefficient (Wildman–Crippen LogP) is 21.0. The van der Waals surface area contributed by atoms with Crippen LogP contribution >= 0.6 is 0 Å². The molecule has 4 fully saturated rings. The Bertz CT molecular complexity index is 2320. The first-order valence-electron chi connectivity index (χ1n) is 29.8. The van der Waals surface area contributed by atoms with Crippen molar-refractivity contribution >= 4 is 0 Å². The molecule has 0 bridgehead atoms. The number of unbranched alkanes of at least 4 members (excludes halogenated alkanes) is 3. The molecule has 4 heterocycles. The maximum absolute atomic E-state index is 12.1. The largest absolute Gasteiger partial charge is 0.574 e. The molecule has 4 aromatic heterocycles. The number of ether oxygens (including phenoxy) is 4. The fourth-order valence-corrected chi connectivity index (χ4v) is 12.1. The normalized spacial score (nSPS) is 23.3.